The molecular weight excluding hydrogens is 837 g/mol. The molecule has 0 aromatic heterocycles. The molecule has 0 radical (unpaired) electrons. The van der Waals surface area contributed by atoms with Gasteiger partial charge in [-0.1, -0.05) is 183 Å². The molecule has 1 heterocycles. The summed E-state index contributed by atoms with van der Waals surface area (Å²) in [5.41, 5.74) is -0.327. The molecule has 1 fully saturated rings. The van der Waals surface area contributed by atoms with E-state index in [9.17, 15) is 14.4 Å². The van der Waals surface area contributed by atoms with Gasteiger partial charge in [0.15, 0.2) is 0 Å². The lowest BCUT2D eigenvalue weighted by atomic mass is 9.87. The van der Waals surface area contributed by atoms with E-state index in [0.29, 0.717) is 39.1 Å². The standard InChI is InChI=1S/C58H112N2O7/c1-11-15-23-33-50(34-24-16-12-2)37-31-44-64-49-57(5,6)40-27-20-22-30-45-65-55(62)53-47-52(67-54(61)39-43-59(9)10)48-60(53)42-29-21-19-28-41-58(7,8)56(63)66-46-32-38-51(35-25-17-13-3)36-26-18-14-4/h50-53H,11-49H2,1-10H3/t52-,53?/m1/s1. The molecule has 0 saturated carbocycles. The Morgan fingerprint density at radius 3 is 1.63 bits per heavy atom. The van der Waals surface area contributed by atoms with Crippen molar-refractivity contribution in [1.29, 1.82) is 0 Å². The minimum Gasteiger partial charge on any atom is -0.465 e. The fraction of sp³-hybridized carbons (Fsp3) is 0.948. The number of esters is 3. The van der Waals surface area contributed by atoms with Crippen LogP contribution in [0.5, 0.6) is 0 Å². The van der Waals surface area contributed by atoms with Gasteiger partial charge in [-0.25, -0.2) is 0 Å². The molecule has 67 heavy (non-hydrogen) atoms. The molecule has 0 aromatic carbocycles. The van der Waals surface area contributed by atoms with Crippen LogP contribution in [0.2, 0.25) is 0 Å². The molecule has 0 amide bonds. The monoisotopic (exact) mass is 949 g/mol. The maximum absolute atomic E-state index is 13.5. The first-order chi connectivity index (χ1) is 32.2. The van der Waals surface area contributed by atoms with Crippen molar-refractivity contribution in [3.8, 4) is 0 Å². The summed E-state index contributed by atoms with van der Waals surface area (Å²) < 4.78 is 23.8. The van der Waals surface area contributed by atoms with E-state index in [2.05, 4.69) is 46.4 Å². The predicted molar refractivity (Wildman–Crippen MR) is 282 cm³/mol. The molecule has 0 aromatic rings. The van der Waals surface area contributed by atoms with Gasteiger partial charge in [-0.05, 0) is 103 Å². The minimum atomic E-state index is -0.495. The zero-order chi connectivity index (χ0) is 49.6. The van der Waals surface area contributed by atoms with Gasteiger partial charge in [0.2, 0.25) is 0 Å². The third-order valence-corrected chi connectivity index (χ3v) is 14.5. The van der Waals surface area contributed by atoms with Crippen LogP contribution in [0, 0.1) is 22.7 Å². The average Bonchev–Trinajstić information content (AvgIpc) is 3.69. The van der Waals surface area contributed by atoms with E-state index in [-0.39, 0.29) is 29.4 Å². The lowest BCUT2D eigenvalue weighted by Gasteiger charge is -2.25. The first-order valence-electron chi connectivity index (χ1n) is 28.7. The van der Waals surface area contributed by atoms with E-state index in [1.54, 1.807) is 0 Å². The van der Waals surface area contributed by atoms with E-state index < -0.39 is 11.5 Å². The Morgan fingerprint density at radius 2 is 1.07 bits per heavy atom. The summed E-state index contributed by atoms with van der Waals surface area (Å²) in [6, 6.07) is -0.392. The number of hydrogen-bond acceptors (Lipinski definition) is 9. The van der Waals surface area contributed by atoms with Gasteiger partial charge in [0.1, 0.15) is 12.1 Å². The topological polar surface area (TPSA) is 94.6 Å². The van der Waals surface area contributed by atoms with Gasteiger partial charge in [-0.2, -0.15) is 0 Å². The van der Waals surface area contributed by atoms with Crippen molar-refractivity contribution in [2.45, 2.75) is 273 Å². The third kappa shape index (κ3) is 33.5. The number of carbonyl (C=O) groups is 3. The van der Waals surface area contributed by atoms with Gasteiger partial charge < -0.3 is 23.8 Å². The van der Waals surface area contributed by atoms with E-state index in [1.807, 2.05) is 32.8 Å². The second-order valence-electron chi connectivity index (χ2n) is 22.6. The number of hydrogen-bond donors (Lipinski definition) is 0. The Hall–Kier alpha value is -1.71. The van der Waals surface area contributed by atoms with Crippen molar-refractivity contribution in [1.82, 2.24) is 9.80 Å². The highest BCUT2D eigenvalue weighted by Gasteiger charge is 2.39. The van der Waals surface area contributed by atoms with E-state index in [4.69, 9.17) is 18.9 Å². The van der Waals surface area contributed by atoms with Crippen molar-refractivity contribution in [3.63, 3.8) is 0 Å². The highest BCUT2D eigenvalue weighted by atomic mass is 16.6. The van der Waals surface area contributed by atoms with Crippen LogP contribution in [-0.2, 0) is 33.3 Å². The molecule has 0 N–H and O–H groups in total. The molecule has 1 aliphatic heterocycles. The molecule has 0 spiro atoms. The average molecular weight is 950 g/mol. The van der Waals surface area contributed by atoms with Crippen LogP contribution in [0.15, 0.2) is 0 Å². The van der Waals surface area contributed by atoms with E-state index in [1.165, 1.54) is 116 Å². The Kier molecular flexibility index (Phi) is 37.7. The number of rotatable bonds is 46. The Bertz CT molecular complexity index is 1190. The largest absolute Gasteiger partial charge is 0.465 e. The molecule has 2 atom stereocenters. The van der Waals surface area contributed by atoms with Crippen molar-refractivity contribution in [3.05, 3.63) is 0 Å². The van der Waals surface area contributed by atoms with Gasteiger partial charge in [0, 0.05) is 26.1 Å². The third-order valence-electron chi connectivity index (χ3n) is 14.5. The van der Waals surface area contributed by atoms with Crippen LogP contribution in [0.1, 0.15) is 261 Å². The predicted octanol–water partition coefficient (Wildman–Crippen LogP) is 15.1. The fourth-order valence-corrected chi connectivity index (χ4v) is 9.89. The summed E-state index contributed by atoms with van der Waals surface area (Å²) in [5, 5.41) is 0. The Labute approximate surface area is 415 Å². The fourth-order valence-electron chi connectivity index (χ4n) is 9.89. The second kappa shape index (κ2) is 39.9. The molecular formula is C58H112N2O7. The first-order valence-corrected chi connectivity index (χ1v) is 28.7. The van der Waals surface area contributed by atoms with E-state index in [0.717, 1.165) is 109 Å². The van der Waals surface area contributed by atoms with Crippen LogP contribution in [0.25, 0.3) is 0 Å². The summed E-state index contributed by atoms with van der Waals surface area (Å²) in [6.45, 7) is 22.4. The summed E-state index contributed by atoms with van der Waals surface area (Å²) in [5.74, 6) is 1.15. The Balaban J connectivity index is 2.46. The molecule has 1 aliphatic rings. The number of nitrogens with zero attached hydrogens (tertiary/aromatic N) is 2. The van der Waals surface area contributed by atoms with Gasteiger partial charge in [0.25, 0.3) is 0 Å². The van der Waals surface area contributed by atoms with Crippen molar-refractivity contribution in [2.75, 3.05) is 60.2 Å². The summed E-state index contributed by atoms with van der Waals surface area (Å²) in [4.78, 5) is 43.4. The molecule has 9 heteroatoms. The van der Waals surface area contributed by atoms with Crippen LogP contribution >= 0.6 is 0 Å². The second-order valence-corrected chi connectivity index (χ2v) is 22.6. The molecule has 1 rings (SSSR count). The summed E-state index contributed by atoms with van der Waals surface area (Å²) in [6.07, 6.45) is 36.4. The molecule has 1 saturated heterocycles. The van der Waals surface area contributed by atoms with Gasteiger partial charge in [-0.15, -0.1) is 0 Å². The van der Waals surface area contributed by atoms with Crippen LogP contribution in [0.4, 0.5) is 0 Å². The molecule has 396 valence electrons. The van der Waals surface area contributed by atoms with Crippen LogP contribution in [0.3, 0.4) is 0 Å². The highest BCUT2D eigenvalue weighted by molar-refractivity contribution is 5.77. The van der Waals surface area contributed by atoms with Crippen molar-refractivity contribution < 1.29 is 33.3 Å². The van der Waals surface area contributed by atoms with Gasteiger partial charge in [0.05, 0.1) is 31.7 Å². The SMILES string of the molecule is CCCCCC(CCCCC)CCCOCC(C)(C)CCCCCCOC(=O)C1C[C@@H](OC(=O)CCN(C)C)CN1CCCCCCC(C)(C)C(=O)OCCCC(CCCCC)CCCCC. The number of unbranched alkanes of at least 4 members (excludes halogenated alkanes) is 14. The van der Waals surface area contributed by atoms with Gasteiger partial charge >= 0.3 is 17.9 Å². The van der Waals surface area contributed by atoms with Crippen LogP contribution < -0.4 is 0 Å². The molecule has 9 nitrogen and oxygen atoms in total. The van der Waals surface area contributed by atoms with Crippen molar-refractivity contribution >= 4 is 17.9 Å². The molecule has 0 bridgehead atoms. The molecule has 1 unspecified atom stereocenters. The lowest BCUT2D eigenvalue weighted by Crippen LogP contribution is -2.38. The van der Waals surface area contributed by atoms with E-state index >= 15 is 0 Å². The van der Waals surface area contributed by atoms with Crippen LogP contribution in [-0.4, -0.2) is 100 Å². The summed E-state index contributed by atoms with van der Waals surface area (Å²) in [7, 11) is 3.90. The smallest absolute Gasteiger partial charge is 0.323 e. The minimum absolute atomic E-state index is 0.0740. The maximum atomic E-state index is 13.5. The number of ether oxygens (including phenoxy) is 4. The normalized spacial score (nSPS) is 15.9. The Morgan fingerprint density at radius 1 is 0.582 bits per heavy atom. The number of carbonyl (C=O) groups excluding carboxylic acids is 3. The zero-order valence-corrected chi connectivity index (χ0v) is 46.1. The number of likely N-dealkylation sites (tertiary alicyclic amines) is 1. The van der Waals surface area contributed by atoms with Gasteiger partial charge in [-0.3, -0.25) is 19.3 Å². The highest BCUT2D eigenvalue weighted by Crippen LogP contribution is 2.29. The first kappa shape index (κ1) is 63.3. The van der Waals surface area contributed by atoms with Crippen molar-refractivity contribution in [2.24, 2.45) is 22.7 Å². The summed E-state index contributed by atoms with van der Waals surface area (Å²) >= 11 is 0. The molecule has 0 aliphatic carbocycles. The quantitative estimate of drug-likeness (QED) is 0.0336. The lowest BCUT2D eigenvalue weighted by molar-refractivity contribution is -0.154. The maximum Gasteiger partial charge on any atom is 0.323 e. The zero-order valence-electron chi connectivity index (χ0n) is 46.1.